The van der Waals surface area contributed by atoms with Gasteiger partial charge in [-0.25, -0.2) is 0 Å². The van der Waals surface area contributed by atoms with Gasteiger partial charge in [0.2, 0.25) is 0 Å². The highest BCUT2D eigenvalue weighted by atomic mass is 16.1. The first-order chi connectivity index (χ1) is 7.27. The van der Waals surface area contributed by atoms with Crippen molar-refractivity contribution >= 4 is 5.78 Å². The molecule has 0 amide bonds. The molecule has 2 rings (SSSR count). The zero-order valence-corrected chi connectivity index (χ0v) is 9.63. The second-order valence-electron chi connectivity index (χ2n) is 5.47. The van der Waals surface area contributed by atoms with Gasteiger partial charge in [-0.05, 0) is 18.8 Å². The Morgan fingerprint density at radius 3 is 2.27 bits per heavy atom. The summed E-state index contributed by atoms with van der Waals surface area (Å²) in [6.07, 6.45) is 10.7. The molecule has 2 N–H and O–H groups in total. The fourth-order valence-corrected chi connectivity index (χ4v) is 3.07. The summed E-state index contributed by atoms with van der Waals surface area (Å²) < 4.78 is 0. The molecule has 2 saturated carbocycles. The molecule has 0 saturated heterocycles. The molecule has 2 heteroatoms. The maximum Gasteiger partial charge on any atom is 0.140 e. The number of Topliss-reactive ketones (excluding diaryl/α,β-unsaturated/α-hetero) is 1. The largest absolute Gasteiger partial charge is 0.329 e. The van der Waals surface area contributed by atoms with E-state index in [1.165, 1.54) is 38.5 Å². The fourth-order valence-electron chi connectivity index (χ4n) is 3.07. The molecule has 0 aromatic carbocycles. The number of hydrogen-bond donors (Lipinski definition) is 1. The van der Waals surface area contributed by atoms with Crippen molar-refractivity contribution in [2.75, 3.05) is 6.54 Å². The van der Waals surface area contributed by atoms with Crippen LogP contribution >= 0.6 is 0 Å². The molecule has 2 aliphatic rings. The highest BCUT2D eigenvalue weighted by molar-refractivity contribution is 5.86. The van der Waals surface area contributed by atoms with Gasteiger partial charge < -0.3 is 5.73 Å². The highest BCUT2D eigenvalue weighted by Crippen LogP contribution is 2.43. The van der Waals surface area contributed by atoms with E-state index in [9.17, 15) is 4.79 Å². The maximum atomic E-state index is 12.2. The Labute approximate surface area is 92.6 Å². The van der Waals surface area contributed by atoms with Crippen molar-refractivity contribution in [3.05, 3.63) is 0 Å². The number of ketones is 1. The van der Waals surface area contributed by atoms with Gasteiger partial charge in [0, 0.05) is 18.4 Å². The zero-order valence-electron chi connectivity index (χ0n) is 9.63. The van der Waals surface area contributed by atoms with E-state index >= 15 is 0 Å². The molecule has 0 heterocycles. The predicted octanol–water partition coefficient (Wildman–Crippen LogP) is 2.65. The summed E-state index contributed by atoms with van der Waals surface area (Å²) in [5, 5.41) is 0. The predicted molar refractivity (Wildman–Crippen MR) is 61.5 cm³/mol. The van der Waals surface area contributed by atoms with Crippen molar-refractivity contribution in [1.29, 1.82) is 0 Å². The number of rotatable bonds is 4. The first kappa shape index (κ1) is 11.1. The van der Waals surface area contributed by atoms with Crippen LogP contribution in [0.25, 0.3) is 0 Å². The summed E-state index contributed by atoms with van der Waals surface area (Å²) in [4.78, 5) is 12.2. The van der Waals surface area contributed by atoms with Crippen LogP contribution < -0.4 is 5.73 Å². The molecule has 0 aromatic rings. The smallest absolute Gasteiger partial charge is 0.140 e. The van der Waals surface area contributed by atoms with E-state index in [1.807, 2.05) is 0 Å². The van der Waals surface area contributed by atoms with Crippen LogP contribution in [0.2, 0.25) is 0 Å². The normalized spacial score (nSPS) is 25.9. The van der Waals surface area contributed by atoms with Crippen LogP contribution in [-0.4, -0.2) is 12.3 Å². The van der Waals surface area contributed by atoms with Gasteiger partial charge in [0.15, 0.2) is 0 Å². The molecule has 2 fully saturated rings. The molecule has 0 radical (unpaired) electrons. The Morgan fingerprint density at radius 2 is 1.80 bits per heavy atom. The van der Waals surface area contributed by atoms with E-state index in [1.54, 1.807) is 0 Å². The monoisotopic (exact) mass is 209 g/mol. The van der Waals surface area contributed by atoms with Gasteiger partial charge in [-0.15, -0.1) is 0 Å². The Bertz CT molecular complexity index is 221. The van der Waals surface area contributed by atoms with Crippen LogP contribution in [0.3, 0.4) is 0 Å². The van der Waals surface area contributed by atoms with Crippen LogP contribution in [0.5, 0.6) is 0 Å². The van der Waals surface area contributed by atoms with E-state index < -0.39 is 0 Å². The van der Waals surface area contributed by atoms with Gasteiger partial charge >= 0.3 is 0 Å². The molecule has 0 unspecified atom stereocenters. The van der Waals surface area contributed by atoms with E-state index in [0.29, 0.717) is 18.2 Å². The van der Waals surface area contributed by atoms with Crippen molar-refractivity contribution in [2.45, 2.75) is 57.8 Å². The van der Waals surface area contributed by atoms with Crippen molar-refractivity contribution in [2.24, 2.45) is 17.1 Å². The second-order valence-corrected chi connectivity index (χ2v) is 5.47. The second kappa shape index (κ2) is 4.65. The highest BCUT2D eigenvalue weighted by Gasteiger charge is 2.42. The molecule has 0 bridgehead atoms. The average molecular weight is 209 g/mol. The molecule has 0 atom stereocenters. The number of nitrogens with two attached hydrogens (primary N) is 1. The van der Waals surface area contributed by atoms with Crippen LogP contribution in [0.15, 0.2) is 0 Å². The number of carbonyl (C=O) groups excluding carboxylic acids is 1. The summed E-state index contributed by atoms with van der Waals surface area (Å²) in [7, 11) is 0. The van der Waals surface area contributed by atoms with Gasteiger partial charge in [0.25, 0.3) is 0 Å². The van der Waals surface area contributed by atoms with Crippen LogP contribution in [0.1, 0.15) is 57.8 Å². The standard InChI is InChI=1S/C13H23NO/c14-10-13(7-4-8-13)12(15)9-11-5-2-1-3-6-11/h11H,1-10,14H2. The summed E-state index contributed by atoms with van der Waals surface area (Å²) in [5.41, 5.74) is 5.67. The summed E-state index contributed by atoms with van der Waals surface area (Å²) in [6.45, 7) is 0.582. The van der Waals surface area contributed by atoms with Crippen LogP contribution in [0.4, 0.5) is 0 Å². The maximum absolute atomic E-state index is 12.2. The SMILES string of the molecule is NCC1(C(=O)CC2CCCCC2)CCC1. The minimum atomic E-state index is -0.0859. The summed E-state index contributed by atoms with van der Waals surface area (Å²) >= 11 is 0. The number of carbonyl (C=O) groups is 1. The van der Waals surface area contributed by atoms with Gasteiger partial charge in [-0.2, -0.15) is 0 Å². The quantitative estimate of drug-likeness (QED) is 0.773. The topological polar surface area (TPSA) is 43.1 Å². The van der Waals surface area contributed by atoms with Crippen LogP contribution in [0, 0.1) is 11.3 Å². The van der Waals surface area contributed by atoms with Gasteiger partial charge in [-0.1, -0.05) is 38.5 Å². The lowest BCUT2D eigenvalue weighted by atomic mass is 9.64. The molecule has 0 aliphatic heterocycles. The van der Waals surface area contributed by atoms with Crippen molar-refractivity contribution in [3.8, 4) is 0 Å². The first-order valence-electron chi connectivity index (χ1n) is 6.50. The van der Waals surface area contributed by atoms with Gasteiger partial charge in [-0.3, -0.25) is 4.79 Å². The van der Waals surface area contributed by atoms with Crippen LogP contribution in [-0.2, 0) is 4.79 Å². The van der Waals surface area contributed by atoms with E-state index in [2.05, 4.69) is 0 Å². The molecule has 15 heavy (non-hydrogen) atoms. The number of hydrogen-bond acceptors (Lipinski definition) is 2. The molecule has 2 nitrogen and oxygen atoms in total. The lowest BCUT2D eigenvalue weighted by molar-refractivity contribution is -0.134. The Balaban J connectivity index is 1.85. The van der Waals surface area contributed by atoms with Gasteiger partial charge in [0.1, 0.15) is 5.78 Å². The average Bonchev–Trinajstić information content (AvgIpc) is 2.18. The third kappa shape index (κ3) is 2.25. The Hall–Kier alpha value is -0.370. The lowest BCUT2D eigenvalue weighted by Gasteiger charge is -2.40. The zero-order chi connectivity index (χ0) is 10.7. The van der Waals surface area contributed by atoms with E-state index in [0.717, 1.165) is 19.3 Å². The molecule has 0 aromatic heterocycles. The third-order valence-corrected chi connectivity index (χ3v) is 4.49. The summed E-state index contributed by atoms with van der Waals surface area (Å²) in [5.74, 6) is 1.15. The van der Waals surface area contributed by atoms with E-state index in [-0.39, 0.29) is 5.41 Å². The minimum absolute atomic E-state index is 0.0859. The Morgan fingerprint density at radius 1 is 1.13 bits per heavy atom. The lowest BCUT2D eigenvalue weighted by Crippen LogP contribution is -2.45. The minimum Gasteiger partial charge on any atom is -0.329 e. The molecular formula is C13H23NO. The fraction of sp³-hybridized carbons (Fsp3) is 0.923. The third-order valence-electron chi connectivity index (χ3n) is 4.49. The molecule has 0 spiro atoms. The van der Waals surface area contributed by atoms with Crippen molar-refractivity contribution in [3.63, 3.8) is 0 Å². The van der Waals surface area contributed by atoms with Crippen molar-refractivity contribution < 1.29 is 4.79 Å². The van der Waals surface area contributed by atoms with Gasteiger partial charge in [0.05, 0.1) is 0 Å². The summed E-state index contributed by atoms with van der Waals surface area (Å²) in [6, 6.07) is 0. The van der Waals surface area contributed by atoms with Crippen molar-refractivity contribution in [1.82, 2.24) is 0 Å². The Kier molecular flexibility index (Phi) is 3.45. The van der Waals surface area contributed by atoms with E-state index in [4.69, 9.17) is 5.73 Å². The molecular weight excluding hydrogens is 186 g/mol. The molecule has 86 valence electrons. The first-order valence-corrected chi connectivity index (χ1v) is 6.50. The molecule has 2 aliphatic carbocycles.